The highest BCUT2D eigenvalue weighted by atomic mass is 32.2. The van der Waals surface area contributed by atoms with Crippen LogP contribution in [0.3, 0.4) is 0 Å². The van der Waals surface area contributed by atoms with Crippen molar-refractivity contribution in [2.75, 3.05) is 25.1 Å². The summed E-state index contributed by atoms with van der Waals surface area (Å²) < 4.78 is 0. The van der Waals surface area contributed by atoms with E-state index >= 15 is 0 Å². The van der Waals surface area contributed by atoms with Crippen LogP contribution in [0.1, 0.15) is 74.6 Å². The lowest BCUT2D eigenvalue weighted by Gasteiger charge is -2.31. The number of thiazole rings is 1. The molecule has 1 aliphatic heterocycles. The van der Waals surface area contributed by atoms with Gasteiger partial charge in [0.2, 0.25) is 23.6 Å². The third kappa shape index (κ3) is 11.8. The number of aliphatic hydroxyl groups excluding tert-OH is 1. The van der Waals surface area contributed by atoms with Crippen LogP contribution in [0, 0.1) is 5.92 Å². The fourth-order valence-corrected chi connectivity index (χ4v) is 6.82. The van der Waals surface area contributed by atoms with Crippen LogP contribution < -0.4 is 26.6 Å². The van der Waals surface area contributed by atoms with Crippen LogP contribution in [0.5, 0.6) is 0 Å². The number of aromatic nitrogens is 1. The molecular weight excluding hydrogens is 683 g/mol. The zero-order valence-corrected chi connectivity index (χ0v) is 31.0. The Kier molecular flexibility index (Phi) is 15.7. The molecule has 0 saturated heterocycles. The Balaban J connectivity index is 2.06. The predicted octanol–water partition coefficient (Wildman–Crippen LogP) is 1.16. The fraction of sp³-hybridized carbons (Fsp3) is 0.559. The Morgan fingerprint density at radius 3 is 2.26 bits per heavy atom. The van der Waals surface area contributed by atoms with Crippen LogP contribution in [0.15, 0.2) is 35.7 Å². The molecule has 6 atom stereocenters. The minimum Gasteiger partial charge on any atom is -0.384 e. The van der Waals surface area contributed by atoms with E-state index in [2.05, 4.69) is 31.6 Å². The summed E-state index contributed by atoms with van der Waals surface area (Å²) in [6, 6.07) is 4.96. The summed E-state index contributed by atoms with van der Waals surface area (Å²) in [6.45, 7) is 7.70. The van der Waals surface area contributed by atoms with Crippen LogP contribution >= 0.6 is 23.1 Å². The van der Waals surface area contributed by atoms with Gasteiger partial charge in [-0.2, -0.15) is 11.8 Å². The van der Waals surface area contributed by atoms with Crippen LogP contribution in [0.4, 0.5) is 0 Å². The molecule has 0 radical (unpaired) electrons. The summed E-state index contributed by atoms with van der Waals surface area (Å²) in [4.78, 5) is 86.0. The molecule has 1 aliphatic rings. The van der Waals surface area contributed by atoms with Gasteiger partial charge in [0.25, 0.3) is 11.8 Å². The minimum absolute atomic E-state index is 0.0520. The molecule has 6 N–H and O–H groups in total. The molecule has 0 unspecified atom stereocenters. The van der Waals surface area contributed by atoms with Gasteiger partial charge in [-0.05, 0) is 56.6 Å². The van der Waals surface area contributed by atoms with Crippen molar-refractivity contribution in [1.82, 2.24) is 36.5 Å². The van der Waals surface area contributed by atoms with E-state index in [0.717, 1.165) is 16.9 Å². The van der Waals surface area contributed by atoms with Gasteiger partial charge in [0, 0.05) is 11.9 Å². The largest absolute Gasteiger partial charge is 0.384 e. The molecule has 3 rings (SSSR count). The molecule has 16 heteroatoms. The molecule has 14 nitrogen and oxygen atoms in total. The summed E-state index contributed by atoms with van der Waals surface area (Å²) >= 11 is 2.65. The Labute approximate surface area is 301 Å². The second kappa shape index (κ2) is 19.4. The number of carbonyl (C=O) groups is 6. The van der Waals surface area contributed by atoms with Gasteiger partial charge < -0.3 is 36.6 Å². The molecule has 0 fully saturated rings. The second-order valence-electron chi connectivity index (χ2n) is 12.7. The van der Waals surface area contributed by atoms with Gasteiger partial charge in [0.05, 0.1) is 18.6 Å². The van der Waals surface area contributed by atoms with E-state index in [1.807, 2.05) is 50.4 Å². The average Bonchev–Trinajstić information content (AvgIpc) is 3.57. The summed E-state index contributed by atoms with van der Waals surface area (Å²) in [5.74, 6) is -3.14. The van der Waals surface area contributed by atoms with Crippen LogP contribution in [-0.2, 0) is 30.4 Å². The van der Waals surface area contributed by atoms with Crippen LogP contribution in [0.2, 0.25) is 0 Å². The highest BCUT2D eigenvalue weighted by molar-refractivity contribution is 7.98. The normalized spacial score (nSPS) is 23.9. The summed E-state index contributed by atoms with van der Waals surface area (Å²) in [5, 5.41) is 26.2. The van der Waals surface area contributed by atoms with E-state index in [1.165, 1.54) is 35.9 Å². The highest BCUT2D eigenvalue weighted by Gasteiger charge is 2.32. The number of fused-ring (bicyclic) bond motifs is 2. The predicted molar refractivity (Wildman–Crippen MR) is 192 cm³/mol. The Morgan fingerprint density at radius 1 is 0.980 bits per heavy atom. The Bertz CT molecular complexity index is 1490. The molecule has 0 aliphatic carbocycles. The van der Waals surface area contributed by atoms with Gasteiger partial charge in [0.1, 0.15) is 34.9 Å². The quantitative estimate of drug-likeness (QED) is 0.231. The molecule has 0 saturated carbocycles. The van der Waals surface area contributed by atoms with Crippen molar-refractivity contribution in [2.24, 2.45) is 5.92 Å². The summed E-state index contributed by atoms with van der Waals surface area (Å²) in [7, 11) is 0. The maximum Gasteiger partial charge on any atom is 0.271 e. The van der Waals surface area contributed by atoms with Crippen LogP contribution in [0.25, 0.3) is 0 Å². The molecule has 1 aromatic carbocycles. The topological polar surface area (TPSA) is 199 Å². The molecular formula is C34H49N7O7S2. The zero-order chi connectivity index (χ0) is 37.0. The average molecular weight is 732 g/mol. The number of thioether (sulfide) groups is 1. The Morgan fingerprint density at radius 2 is 1.64 bits per heavy atom. The van der Waals surface area contributed by atoms with Gasteiger partial charge in [-0.1, -0.05) is 51.1 Å². The van der Waals surface area contributed by atoms with Gasteiger partial charge in [0.15, 0.2) is 0 Å². The zero-order valence-electron chi connectivity index (χ0n) is 29.4. The first-order valence-corrected chi connectivity index (χ1v) is 19.0. The second-order valence-corrected chi connectivity index (χ2v) is 14.5. The first kappa shape index (κ1) is 40.4. The lowest BCUT2D eigenvalue weighted by molar-refractivity contribution is -0.143. The molecule has 50 heavy (non-hydrogen) atoms. The lowest BCUT2D eigenvalue weighted by Crippen LogP contribution is -2.58. The summed E-state index contributed by atoms with van der Waals surface area (Å²) in [6.07, 6.45) is 1.22. The standard InChI is InChI=1S/C34H49N7O7S2/c1-7-24-30(45)38-25(13-14-49-6)31(46)36-23(15-22-11-9-8-10-12-22)16-41(34(48)21(5)42)17-27(43)40-28(19(2)3)33-39-26(18-50-33)32(47)35-20(4)29(44)37-24/h8-12,18-21,23-25,28,42H,7,13-17H2,1-6H3,(H,35,47)(H,36,46)(H,37,44)(H,38,45)(H,40,43)/t20-,21-,23+,24+,25+,28+/m1/s1. The fourth-order valence-electron chi connectivity index (χ4n) is 5.33. The van der Waals surface area contributed by atoms with Gasteiger partial charge in [-0.15, -0.1) is 11.3 Å². The molecule has 2 heterocycles. The van der Waals surface area contributed by atoms with Crippen LogP contribution in [-0.4, -0.2) is 106 Å². The van der Waals surface area contributed by atoms with Crippen molar-refractivity contribution in [3.63, 3.8) is 0 Å². The number of amides is 6. The van der Waals surface area contributed by atoms with Crippen molar-refractivity contribution in [3.8, 4) is 0 Å². The van der Waals surface area contributed by atoms with E-state index in [9.17, 15) is 33.9 Å². The molecule has 6 amide bonds. The third-order valence-electron chi connectivity index (χ3n) is 8.15. The molecule has 0 spiro atoms. The van der Waals surface area contributed by atoms with E-state index in [4.69, 9.17) is 0 Å². The van der Waals surface area contributed by atoms with Crippen molar-refractivity contribution < 1.29 is 33.9 Å². The number of rotatable bonds is 8. The first-order valence-electron chi connectivity index (χ1n) is 16.7. The van der Waals surface area contributed by atoms with Gasteiger partial charge in [-0.25, -0.2) is 4.98 Å². The number of hydrogen-bond donors (Lipinski definition) is 6. The number of hydrogen-bond acceptors (Lipinski definition) is 10. The van der Waals surface area contributed by atoms with Crippen molar-refractivity contribution in [1.29, 1.82) is 0 Å². The number of aliphatic hydroxyl groups is 1. The van der Waals surface area contributed by atoms with E-state index in [0.29, 0.717) is 10.8 Å². The van der Waals surface area contributed by atoms with E-state index in [-0.39, 0.29) is 37.4 Å². The smallest absolute Gasteiger partial charge is 0.271 e. The maximum absolute atomic E-state index is 13.9. The lowest BCUT2D eigenvalue weighted by atomic mass is 10.0. The first-order chi connectivity index (χ1) is 23.7. The van der Waals surface area contributed by atoms with Crippen molar-refractivity contribution in [3.05, 3.63) is 52.0 Å². The number of nitrogens with zero attached hydrogens (tertiary/aromatic N) is 2. The number of carbonyl (C=O) groups excluding carboxylic acids is 6. The number of benzene rings is 1. The third-order valence-corrected chi connectivity index (χ3v) is 9.72. The molecule has 2 bridgehead atoms. The number of nitrogens with one attached hydrogen (secondary N) is 5. The SMILES string of the molecule is CC[C@@H]1NC(=O)[C@@H](C)NC(=O)c2csc(n2)[C@H](C(C)C)NC(=O)CN(C(=O)[C@@H](C)O)C[C@H](Cc2ccccc2)NC(=O)[C@H](CCSC)NC1=O. The Hall–Kier alpha value is -4.02. The summed E-state index contributed by atoms with van der Waals surface area (Å²) in [5.41, 5.74) is 0.906. The monoisotopic (exact) mass is 731 g/mol. The van der Waals surface area contributed by atoms with Crippen molar-refractivity contribution >= 4 is 58.5 Å². The van der Waals surface area contributed by atoms with Crippen molar-refractivity contribution in [2.45, 2.75) is 90.2 Å². The highest BCUT2D eigenvalue weighted by Crippen LogP contribution is 2.25. The van der Waals surface area contributed by atoms with E-state index < -0.39 is 78.3 Å². The maximum atomic E-state index is 13.9. The minimum atomic E-state index is -1.43. The van der Waals surface area contributed by atoms with Gasteiger partial charge >= 0.3 is 0 Å². The molecule has 1 aromatic heterocycles. The molecule has 2 aromatic rings. The molecule has 274 valence electrons. The van der Waals surface area contributed by atoms with E-state index in [1.54, 1.807) is 6.92 Å². The van der Waals surface area contributed by atoms with Gasteiger partial charge in [-0.3, -0.25) is 28.8 Å².